The lowest BCUT2D eigenvalue weighted by molar-refractivity contribution is -0.150. The van der Waals surface area contributed by atoms with E-state index in [1.54, 1.807) is 0 Å². The van der Waals surface area contributed by atoms with E-state index in [2.05, 4.69) is 15.3 Å². The molecule has 3 N–H and O–H groups in total. The molecular weight excluding hydrogens is 270 g/mol. The fourth-order valence-electron chi connectivity index (χ4n) is 2.67. The molecule has 0 radical (unpaired) electrons. The van der Waals surface area contributed by atoms with Gasteiger partial charge in [-0.05, 0) is 43.9 Å². The van der Waals surface area contributed by atoms with Crippen LogP contribution in [0.4, 0.5) is 0 Å². The first-order valence-corrected chi connectivity index (χ1v) is 7.20. The van der Waals surface area contributed by atoms with Crippen LogP contribution in [0.25, 0.3) is 11.0 Å². The van der Waals surface area contributed by atoms with Gasteiger partial charge >= 0.3 is 5.69 Å². The molecule has 0 bridgehead atoms. The number of imidazole rings is 1. The van der Waals surface area contributed by atoms with E-state index >= 15 is 0 Å². The summed E-state index contributed by atoms with van der Waals surface area (Å²) in [6.45, 7) is 2.90. The van der Waals surface area contributed by atoms with Crippen LogP contribution in [0.15, 0.2) is 23.0 Å². The van der Waals surface area contributed by atoms with Crippen LogP contribution in [0.5, 0.6) is 0 Å². The summed E-state index contributed by atoms with van der Waals surface area (Å²) in [6.07, 6.45) is 2.78. The standard InChI is InChI=1S/C15H19N3O3/c1-15(6-2-3-7-21-15)13(19)16-9-10-4-5-11-12(8-10)18-14(20)17-11/h4-5,8H,2-3,6-7,9H2,1H3,(H,16,19)(H2,17,18,20)/t15-/m1/s1. The van der Waals surface area contributed by atoms with Gasteiger partial charge in [-0.2, -0.15) is 0 Å². The second-order valence-corrected chi connectivity index (χ2v) is 5.68. The second kappa shape index (κ2) is 5.37. The first-order chi connectivity index (χ1) is 10.1. The Morgan fingerprint density at radius 1 is 1.33 bits per heavy atom. The number of rotatable bonds is 3. The van der Waals surface area contributed by atoms with E-state index in [1.165, 1.54) is 0 Å². The fourth-order valence-corrected chi connectivity index (χ4v) is 2.67. The lowest BCUT2D eigenvalue weighted by Crippen LogP contribution is -2.48. The van der Waals surface area contributed by atoms with Crippen molar-refractivity contribution in [1.29, 1.82) is 0 Å². The van der Waals surface area contributed by atoms with Crippen molar-refractivity contribution in [3.63, 3.8) is 0 Å². The summed E-state index contributed by atoms with van der Waals surface area (Å²) in [7, 11) is 0. The maximum atomic E-state index is 12.3. The number of fused-ring (bicyclic) bond motifs is 1. The van der Waals surface area contributed by atoms with Gasteiger partial charge in [0.25, 0.3) is 5.91 Å². The van der Waals surface area contributed by atoms with Crippen LogP contribution >= 0.6 is 0 Å². The van der Waals surface area contributed by atoms with E-state index in [9.17, 15) is 9.59 Å². The van der Waals surface area contributed by atoms with Crippen LogP contribution in [0.1, 0.15) is 31.7 Å². The van der Waals surface area contributed by atoms with Gasteiger partial charge in [0.05, 0.1) is 11.0 Å². The molecule has 1 fully saturated rings. The molecule has 0 unspecified atom stereocenters. The number of carbonyl (C=O) groups is 1. The predicted molar refractivity (Wildman–Crippen MR) is 79.0 cm³/mol. The summed E-state index contributed by atoms with van der Waals surface area (Å²) in [5.74, 6) is -0.0788. The van der Waals surface area contributed by atoms with Crippen LogP contribution in [0.3, 0.4) is 0 Å². The molecule has 112 valence electrons. The molecule has 1 aromatic carbocycles. The highest BCUT2D eigenvalue weighted by Crippen LogP contribution is 2.24. The van der Waals surface area contributed by atoms with Crippen molar-refractivity contribution in [1.82, 2.24) is 15.3 Å². The van der Waals surface area contributed by atoms with Gasteiger partial charge in [-0.15, -0.1) is 0 Å². The van der Waals surface area contributed by atoms with Crippen LogP contribution in [0, 0.1) is 0 Å². The summed E-state index contributed by atoms with van der Waals surface area (Å²) >= 11 is 0. The first-order valence-electron chi connectivity index (χ1n) is 7.20. The second-order valence-electron chi connectivity index (χ2n) is 5.68. The van der Waals surface area contributed by atoms with Crippen LogP contribution in [-0.2, 0) is 16.1 Å². The van der Waals surface area contributed by atoms with Gasteiger partial charge in [-0.1, -0.05) is 6.07 Å². The molecule has 1 aromatic heterocycles. The number of H-pyrrole nitrogens is 2. The Balaban J connectivity index is 1.68. The number of nitrogens with one attached hydrogen (secondary N) is 3. The molecule has 0 aliphatic carbocycles. The predicted octanol–water partition coefficient (Wildman–Crippen LogP) is 1.43. The first kappa shape index (κ1) is 13.9. The molecule has 0 saturated carbocycles. The molecule has 21 heavy (non-hydrogen) atoms. The van der Waals surface area contributed by atoms with Gasteiger partial charge in [0.15, 0.2) is 0 Å². The van der Waals surface area contributed by atoms with E-state index in [0.29, 0.717) is 13.2 Å². The van der Waals surface area contributed by atoms with Crippen molar-refractivity contribution in [3.05, 3.63) is 34.2 Å². The molecule has 3 rings (SSSR count). The third-order valence-corrected chi connectivity index (χ3v) is 3.98. The van der Waals surface area contributed by atoms with Crippen molar-refractivity contribution in [2.24, 2.45) is 0 Å². The zero-order valence-corrected chi connectivity index (χ0v) is 12.0. The maximum Gasteiger partial charge on any atom is 0.323 e. The summed E-state index contributed by atoms with van der Waals surface area (Å²) < 4.78 is 5.62. The number of ether oxygens (including phenoxy) is 1. The van der Waals surface area contributed by atoms with Gasteiger partial charge in [0.2, 0.25) is 0 Å². The summed E-state index contributed by atoms with van der Waals surface area (Å²) in [5, 5.41) is 2.91. The molecule has 1 aliphatic rings. The average molecular weight is 289 g/mol. The van der Waals surface area contributed by atoms with E-state index in [0.717, 1.165) is 35.9 Å². The zero-order valence-electron chi connectivity index (χ0n) is 12.0. The molecule has 2 aromatic rings. The highest BCUT2D eigenvalue weighted by Gasteiger charge is 2.35. The molecule has 6 heteroatoms. The summed E-state index contributed by atoms with van der Waals surface area (Å²) in [4.78, 5) is 28.9. The summed E-state index contributed by atoms with van der Waals surface area (Å²) in [5.41, 5.74) is 1.49. The minimum Gasteiger partial charge on any atom is -0.365 e. The Bertz CT molecular complexity index is 710. The Hall–Kier alpha value is -2.08. The van der Waals surface area contributed by atoms with Crippen LogP contribution in [0.2, 0.25) is 0 Å². The van der Waals surface area contributed by atoms with Gasteiger partial charge in [0, 0.05) is 13.2 Å². The smallest absolute Gasteiger partial charge is 0.323 e. The zero-order chi connectivity index (χ0) is 14.9. The lowest BCUT2D eigenvalue weighted by atomic mass is 9.95. The Morgan fingerprint density at radius 3 is 2.90 bits per heavy atom. The summed E-state index contributed by atoms with van der Waals surface area (Å²) in [6, 6.07) is 5.57. The molecule has 1 amide bonds. The van der Waals surface area contributed by atoms with Crippen LogP contribution in [-0.4, -0.2) is 28.1 Å². The van der Waals surface area contributed by atoms with Gasteiger partial charge in [-0.25, -0.2) is 4.79 Å². The van der Waals surface area contributed by atoms with E-state index in [-0.39, 0.29) is 11.6 Å². The van der Waals surface area contributed by atoms with Gasteiger partial charge in [-0.3, -0.25) is 4.79 Å². The third-order valence-electron chi connectivity index (χ3n) is 3.98. The van der Waals surface area contributed by atoms with Gasteiger partial charge < -0.3 is 20.0 Å². The number of hydrogen-bond donors (Lipinski definition) is 3. The van der Waals surface area contributed by atoms with Crippen molar-refractivity contribution < 1.29 is 9.53 Å². The number of benzene rings is 1. The maximum absolute atomic E-state index is 12.3. The van der Waals surface area contributed by atoms with Crippen molar-refractivity contribution in [3.8, 4) is 0 Å². The highest BCUT2D eigenvalue weighted by atomic mass is 16.5. The minimum atomic E-state index is -0.718. The minimum absolute atomic E-state index is 0.0788. The fraction of sp³-hybridized carbons (Fsp3) is 0.467. The quantitative estimate of drug-likeness (QED) is 0.799. The molecule has 6 nitrogen and oxygen atoms in total. The van der Waals surface area contributed by atoms with Crippen molar-refractivity contribution >= 4 is 16.9 Å². The molecule has 1 atom stereocenters. The van der Waals surface area contributed by atoms with E-state index < -0.39 is 5.60 Å². The van der Waals surface area contributed by atoms with Gasteiger partial charge in [0.1, 0.15) is 5.60 Å². The molecule has 1 aliphatic heterocycles. The Kier molecular flexibility index (Phi) is 3.55. The monoisotopic (exact) mass is 289 g/mol. The molecule has 2 heterocycles. The molecule has 1 saturated heterocycles. The third kappa shape index (κ3) is 2.85. The topological polar surface area (TPSA) is 87.0 Å². The Labute approximate surface area is 121 Å². The van der Waals surface area contributed by atoms with Crippen molar-refractivity contribution in [2.45, 2.75) is 38.3 Å². The van der Waals surface area contributed by atoms with Crippen LogP contribution < -0.4 is 11.0 Å². The largest absolute Gasteiger partial charge is 0.365 e. The molecule has 0 spiro atoms. The highest BCUT2D eigenvalue weighted by molar-refractivity contribution is 5.85. The van der Waals surface area contributed by atoms with E-state index in [1.807, 2.05) is 25.1 Å². The lowest BCUT2D eigenvalue weighted by Gasteiger charge is -2.32. The number of aromatic nitrogens is 2. The number of hydrogen-bond acceptors (Lipinski definition) is 3. The van der Waals surface area contributed by atoms with E-state index in [4.69, 9.17) is 4.74 Å². The number of carbonyl (C=O) groups excluding carboxylic acids is 1. The molecular formula is C15H19N3O3. The van der Waals surface area contributed by atoms with Crippen molar-refractivity contribution in [2.75, 3.05) is 6.61 Å². The SMILES string of the molecule is C[C@]1(C(=O)NCc2ccc3[nH]c(=O)[nH]c3c2)CCCCO1. The Morgan fingerprint density at radius 2 is 2.14 bits per heavy atom. The number of aromatic amines is 2. The normalized spacial score (nSPS) is 22.3. The average Bonchev–Trinajstić information content (AvgIpc) is 2.84. The number of amides is 1.